The summed E-state index contributed by atoms with van der Waals surface area (Å²) in [5.41, 5.74) is -6.49. The molecule has 13 heteroatoms. The van der Waals surface area contributed by atoms with Crippen molar-refractivity contribution in [3.05, 3.63) is 35.9 Å². The molecule has 0 spiro atoms. The second-order valence-electron chi connectivity index (χ2n) is 14.9. The maximum Gasteiger partial charge on any atom is 0.338 e. The molecule has 0 radical (unpaired) electrons. The number of Topliss-reactive ketones (excluding diaryl/α,β-unsaturated/α-hetero) is 1. The number of esters is 5. The molecule has 13 atom stereocenters. The molecule has 0 aromatic heterocycles. The average molecular weight is 685 g/mol. The summed E-state index contributed by atoms with van der Waals surface area (Å²) in [4.78, 5) is 80.1. The minimum Gasteiger partial charge on any atom is -0.462 e. The van der Waals surface area contributed by atoms with Gasteiger partial charge in [0.1, 0.15) is 29.0 Å². The fourth-order valence-corrected chi connectivity index (χ4v) is 10.3. The molecule has 1 heterocycles. The molecule has 1 aliphatic heterocycles. The smallest absolute Gasteiger partial charge is 0.338 e. The number of rotatable bonds is 7. The molecule has 1 aromatic carbocycles. The Bertz CT molecular complexity index is 1580. The highest BCUT2D eigenvalue weighted by Crippen LogP contribution is 2.72. The zero-order chi connectivity index (χ0) is 35.8. The standard InChI is InChI=1S/C36H44O13/c1-8-23(40)47-26-17(2)14-36(43)25(26)30(45-18(3)37)35-16-44-34(7,32(36)46-19(4)38)28(35)24-22(15-33(24,6)49-20(5)39)27(29(35)41)48-31(42)21-12-10-9-11-13-21/h9-13,17,22,24-28,30,32,43H,8,14-16H2,1-7H3/t17-,22+,24-,25+,26-,27+,28-,30+,32-,33-,34+,35-,36+/m0/s1. The quantitative estimate of drug-likeness (QED) is 0.328. The lowest BCUT2D eigenvalue weighted by Crippen LogP contribution is -2.75. The minimum atomic E-state index is -2.03. The van der Waals surface area contributed by atoms with Crippen LogP contribution in [0.1, 0.15) is 78.1 Å². The molecule has 266 valence electrons. The number of ether oxygens (including phenoxy) is 6. The van der Waals surface area contributed by atoms with Crippen LogP contribution >= 0.6 is 0 Å². The highest BCUT2D eigenvalue weighted by molar-refractivity contribution is 5.97. The van der Waals surface area contributed by atoms with E-state index < -0.39 is 112 Å². The molecule has 5 aliphatic rings. The summed E-state index contributed by atoms with van der Waals surface area (Å²) in [6.45, 7) is 9.95. The van der Waals surface area contributed by atoms with E-state index in [2.05, 4.69) is 0 Å². The van der Waals surface area contributed by atoms with Gasteiger partial charge in [-0.1, -0.05) is 32.0 Å². The third-order valence-corrected chi connectivity index (χ3v) is 11.8. The summed E-state index contributed by atoms with van der Waals surface area (Å²) < 4.78 is 36.6. The molecule has 0 unspecified atom stereocenters. The fraction of sp³-hybridized carbons (Fsp3) is 0.667. The monoisotopic (exact) mass is 684 g/mol. The van der Waals surface area contributed by atoms with E-state index in [4.69, 9.17) is 28.4 Å². The van der Waals surface area contributed by atoms with Crippen molar-refractivity contribution in [3.63, 3.8) is 0 Å². The van der Waals surface area contributed by atoms with Crippen LogP contribution < -0.4 is 0 Å². The molecule has 0 amide bonds. The van der Waals surface area contributed by atoms with Crippen LogP contribution in [0.2, 0.25) is 0 Å². The fourth-order valence-electron chi connectivity index (χ4n) is 10.3. The normalized spacial score (nSPS) is 43.0. The molecular formula is C36H44O13. The minimum absolute atomic E-state index is 0.00943. The number of ketones is 1. The lowest BCUT2D eigenvalue weighted by Gasteiger charge is -2.64. The first-order valence-electron chi connectivity index (χ1n) is 16.8. The molecular weight excluding hydrogens is 640 g/mol. The summed E-state index contributed by atoms with van der Waals surface area (Å²) in [5.74, 6) is -8.30. The Morgan fingerprint density at radius 3 is 2.14 bits per heavy atom. The van der Waals surface area contributed by atoms with Crippen molar-refractivity contribution in [2.45, 2.75) is 109 Å². The molecule has 4 aliphatic carbocycles. The van der Waals surface area contributed by atoms with Gasteiger partial charge in [-0.3, -0.25) is 24.0 Å². The summed E-state index contributed by atoms with van der Waals surface area (Å²) in [5, 5.41) is 12.9. The van der Waals surface area contributed by atoms with Gasteiger partial charge in [-0.2, -0.15) is 0 Å². The highest BCUT2D eigenvalue weighted by Gasteiger charge is 2.86. The second kappa shape index (κ2) is 11.9. The number of carbonyl (C=O) groups excluding carboxylic acids is 6. The first kappa shape index (κ1) is 35.0. The first-order chi connectivity index (χ1) is 22.9. The number of hydrogen-bond donors (Lipinski definition) is 1. The molecule has 1 saturated heterocycles. The maximum absolute atomic E-state index is 15.4. The Kier molecular flexibility index (Phi) is 8.50. The van der Waals surface area contributed by atoms with Crippen LogP contribution in [0.3, 0.4) is 0 Å². The predicted octanol–water partition coefficient (Wildman–Crippen LogP) is 2.73. The van der Waals surface area contributed by atoms with Crippen LogP contribution in [0.25, 0.3) is 0 Å². The third-order valence-electron chi connectivity index (χ3n) is 11.8. The van der Waals surface area contributed by atoms with Crippen LogP contribution in [0.4, 0.5) is 0 Å². The molecule has 5 fully saturated rings. The molecule has 1 N–H and O–H groups in total. The van der Waals surface area contributed by atoms with E-state index in [-0.39, 0.29) is 31.4 Å². The van der Waals surface area contributed by atoms with Crippen LogP contribution in [0, 0.1) is 35.0 Å². The average Bonchev–Trinajstić information content (AvgIpc) is 3.44. The molecule has 49 heavy (non-hydrogen) atoms. The van der Waals surface area contributed by atoms with Crippen molar-refractivity contribution in [1.29, 1.82) is 0 Å². The lowest BCUT2D eigenvalue weighted by molar-refractivity contribution is -0.257. The van der Waals surface area contributed by atoms with Gasteiger partial charge in [-0.25, -0.2) is 4.79 Å². The number of aliphatic hydroxyl groups is 1. The number of hydrogen-bond acceptors (Lipinski definition) is 13. The second-order valence-corrected chi connectivity index (χ2v) is 14.9. The van der Waals surface area contributed by atoms with E-state index >= 15 is 4.79 Å². The Balaban J connectivity index is 1.61. The topological polar surface area (TPSA) is 178 Å². The van der Waals surface area contributed by atoms with Crippen molar-refractivity contribution in [3.8, 4) is 0 Å². The van der Waals surface area contributed by atoms with Crippen LogP contribution in [-0.4, -0.2) is 88.6 Å². The van der Waals surface area contributed by atoms with Gasteiger partial charge in [-0.05, 0) is 44.7 Å². The van der Waals surface area contributed by atoms with Crippen LogP contribution in [-0.2, 0) is 52.4 Å². The lowest BCUT2D eigenvalue weighted by atomic mass is 9.42. The Morgan fingerprint density at radius 2 is 1.55 bits per heavy atom. The Morgan fingerprint density at radius 1 is 0.898 bits per heavy atom. The molecule has 4 saturated carbocycles. The number of carbonyl (C=O) groups is 6. The van der Waals surface area contributed by atoms with E-state index in [1.165, 1.54) is 13.8 Å². The van der Waals surface area contributed by atoms with Crippen molar-refractivity contribution < 1.29 is 62.3 Å². The Labute approximate surface area is 284 Å². The molecule has 13 nitrogen and oxygen atoms in total. The Hall–Kier alpha value is -3.84. The van der Waals surface area contributed by atoms with Crippen molar-refractivity contribution in [1.82, 2.24) is 0 Å². The summed E-state index contributed by atoms with van der Waals surface area (Å²) in [6.07, 6.45) is -5.32. The van der Waals surface area contributed by atoms with Crippen molar-refractivity contribution in [2.75, 3.05) is 6.61 Å². The van der Waals surface area contributed by atoms with E-state index in [1.807, 2.05) is 0 Å². The largest absolute Gasteiger partial charge is 0.462 e. The molecule has 6 rings (SSSR count). The number of benzene rings is 1. The van der Waals surface area contributed by atoms with Gasteiger partial charge < -0.3 is 33.5 Å². The van der Waals surface area contributed by atoms with Gasteiger partial charge in [0.2, 0.25) is 0 Å². The van der Waals surface area contributed by atoms with E-state index in [1.54, 1.807) is 58.0 Å². The van der Waals surface area contributed by atoms with E-state index in [0.29, 0.717) is 0 Å². The molecule has 2 bridgehead atoms. The zero-order valence-corrected chi connectivity index (χ0v) is 28.8. The van der Waals surface area contributed by atoms with Gasteiger partial charge in [0.15, 0.2) is 18.0 Å². The first-order valence-corrected chi connectivity index (χ1v) is 16.8. The zero-order valence-electron chi connectivity index (χ0n) is 28.8. The SMILES string of the molecule is CCC(=O)O[C@@H]1[C@@H]2[C@@H](OC(C)=O)[C@@]34CO[C@@](C)([C@H](OC(C)=O)[C@@]2(O)C[C@@H]1C)[C@@H]3[C@@H]1[C@@H](C[C@]1(C)OC(C)=O)[C@@H](OC(=O)c1ccccc1)C4=O. The van der Waals surface area contributed by atoms with Crippen molar-refractivity contribution in [2.24, 2.45) is 35.0 Å². The van der Waals surface area contributed by atoms with Crippen LogP contribution in [0.5, 0.6) is 0 Å². The van der Waals surface area contributed by atoms with Crippen molar-refractivity contribution >= 4 is 35.6 Å². The van der Waals surface area contributed by atoms with Gasteiger partial charge in [0.25, 0.3) is 0 Å². The summed E-state index contributed by atoms with van der Waals surface area (Å²) in [7, 11) is 0. The highest BCUT2D eigenvalue weighted by atomic mass is 16.6. The maximum atomic E-state index is 15.4. The van der Waals surface area contributed by atoms with E-state index in [0.717, 1.165) is 6.92 Å². The van der Waals surface area contributed by atoms with Gasteiger partial charge in [0, 0.05) is 44.9 Å². The summed E-state index contributed by atoms with van der Waals surface area (Å²) >= 11 is 0. The third kappa shape index (κ3) is 5.09. The van der Waals surface area contributed by atoms with E-state index in [9.17, 15) is 29.1 Å². The summed E-state index contributed by atoms with van der Waals surface area (Å²) in [6, 6.07) is 8.15. The van der Waals surface area contributed by atoms with Crippen LogP contribution in [0.15, 0.2) is 30.3 Å². The number of fused-ring (bicyclic) bond motifs is 2. The molecule has 1 aromatic rings. The predicted molar refractivity (Wildman–Crippen MR) is 166 cm³/mol. The van der Waals surface area contributed by atoms with Gasteiger partial charge in [-0.15, -0.1) is 0 Å². The van der Waals surface area contributed by atoms with Gasteiger partial charge >= 0.3 is 29.8 Å². The van der Waals surface area contributed by atoms with Gasteiger partial charge in [0.05, 0.1) is 23.5 Å².